The second-order valence-corrected chi connectivity index (χ2v) is 6.80. The number of alkyl halides is 3. The third-order valence-electron chi connectivity index (χ3n) is 4.08. The SMILES string of the molecule is CC(C)C(Nc1ccc(C(F)(F)F)cc1Cl)C(=O)N1CC[C@@H](N)C1. The van der Waals surface area contributed by atoms with E-state index in [4.69, 9.17) is 17.3 Å². The summed E-state index contributed by atoms with van der Waals surface area (Å²) >= 11 is 5.96. The second kappa shape index (κ2) is 7.19. The Bertz CT molecular complexity index is 607. The van der Waals surface area contributed by atoms with E-state index in [1.807, 2.05) is 13.8 Å². The summed E-state index contributed by atoms with van der Waals surface area (Å²) < 4.78 is 38.1. The smallest absolute Gasteiger partial charge is 0.372 e. The molecule has 1 amide bonds. The van der Waals surface area contributed by atoms with E-state index >= 15 is 0 Å². The average Bonchev–Trinajstić information content (AvgIpc) is 2.90. The lowest BCUT2D eigenvalue weighted by Gasteiger charge is -2.28. The van der Waals surface area contributed by atoms with Gasteiger partial charge in [-0.1, -0.05) is 25.4 Å². The van der Waals surface area contributed by atoms with Crippen molar-refractivity contribution in [2.24, 2.45) is 11.7 Å². The highest BCUT2D eigenvalue weighted by Crippen LogP contribution is 2.34. The van der Waals surface area contributed by atoms with Gasteiger partial charge in [-0.25, -0.2) is 0 Å². The summed E-state index contributed by atoms with van der Waals surface area (Å²) in [5, 5.41) is 2.92. The lowest BCUT2D eigenvalue weighted by molar-refractivity contribution is -0.137. The number of carbonyl (C=O) groups is 1. The van der Waals surface area contributed by atoms with Gasteiger partial charge in [-0.3, -0.25) is 4.79 Å². The first-order valence-electron chi connectivity index (χ1n) is 7.77. The molecule has 1 aromatic carbocycles. The van der Waals surface area contributed by atoms with E-state index in [2.05, 4.69) is 5.32 Å². The summed E-state index contributed by atoms with van der Waals surface area (Å²) in [6.45, 7) is 4.81. The van der Waals surface area contributed by atoms with Crippen LogP contribution in [0.3, 0.4) is 0 Å². The van der Waals surface area contributed by atoms with Crippen LogP contribution in [0.5, 0.6) is 0 Å². The Morgan fingerprint density at radius 1 is 1.42 bits per heavy atom. The number of hydrogen-bond acceptors (Lipinski definition) is 3. The van der Waals surface area contributed by atoms with E-state index in [0.717, 1.165) is 18.6 Å². The minimum Gasteiger partial charge on any atom is -0.372 e. The zero-order chi connectivity index (χ0) is 18.1. The molecule has 2 atom stereocenters. The molecule has 1 aliphatic rings. The Balaban J connectivity index is 2.18. The first-order chi connectivity index (χ1) is 11.1. The minimum absolute atomic E-state index is 0.0311. The Morgan fingerprint density at radius 3 is 2.54 bits per heavy atom. The van der Waals surface area contributed by atoms with Crippen molar-refractivity contribution < 1.29 is 18.0 Å². The fourth-order valence-electron chi connectivity index (χ4n) is 2.67. The number of rotatable bonds is 4. The third kappa shape index (κ3) is 4.33. The Morgan fingerprint density at radius 2 is 2.08 bits per heavy atom. The monoisotopic (exact) mass is 363 g/mol. The fourth-order valence-corrected chi connectivity index (χ4v) is 2.91. The molecule has 0 aromatic heterocycles. The van der Waals surface area contributed by atoms with Crippen molar-refractivity contribution in [2.45, 2.75) is 38.5 Å². The molecule has 3 N–H and O–H groups in total. The number of amides is 1. The molecule has 2 rings (SSSR count). The quantitative estimate of drug-likeness (QED) is 0.862. The largest absolute Gasteiger partial charge is 0.416 e. The third-order valence-corrected chi connectivity index (χ3v) is 4.39. The van der Waals surface area contributed by atoms with Gasteiger partial charge in [-0.2, -0.15) is 13.2 Å². The van der Waals surface area contributed by atoms with Crippen LogP contribution in [-0.2, 0) is 11.0 Å². The van der Waals surface area contributed by atoms with Crippen molar-refractivity contribution in [2.75, 3.05) is 18.4 Å². The van der Waals surface area contributed by atoms with Crippen LogP contribution in [-0.4, -0.2) is 36.0 Å². The summed E-state index contributed by atoms with van der Waals surface area (Å²) in [7, 11) is 0. The van der Waals surface area contributed by atoms with Gasteiger partial charge in [-0.05, 0) is 30.5 Å². The van der Waals surface area contributed by atoms with Gasteiger partial charge in [0.25, 0.3) is 0 Å². The molecule has 0 saturated carbocycles. The summed E-state index contributed by atoms with van der Waals surface area (Å²) in [5.41, 5.74) is 5.31. The first kappa shape index (κ1) is 18.9. The number of carbonyl (C=O) groups excluding carboxylic acids is 1. The maximum Gasteiger partial charge on any atom is 0.416 e. The molecule has 1 saturated heterocycles. The van der Waals surface area contributed by atoms with Crippen LogP contribution in [0.4, 0.5) is 18.9 Å². The highest BCUT2D eigenvalue weighted by atomic mass is 35.5. The number of nitrogens with one attached hydrogen (secondary N) is 1. The van der Waals surface area contributed by atoms with Crippen LogP contribution in [0.2, 0.25) is 5.02 Å². The van der Waals surface area contributed by atoms with Crippen LogP contribution in [0.15, 0.2) is 18.2 Å². The predicted molar refractivity (Wildman–Crippen MR) is 87.9 cm³/mol. The van der Waals surface area contributed by atoms with Crippen LogP contribution in [0, 0.1) is 5.92 Å². The van der Waals surface area contributed by atoms with Crippen molar-refractivity contribution >= 4 is 23.2 Å². The number of nitrogens with two attached hydrogens (primary N) is 1. The van der Waals surface area contributed by atoms with Crippen molar-refractivity contribution in [1.29, 1.82) is 0 Å². The van der Waals surface area contributed by atoms with Gasteiger partial charge in [0.1, 0.15) is 6.04 Å². The molecule has 0 aliphatic carbocycles. The van der Waals surface area contributed by atoms with Gasteiger partial charge in [-0.15, -0.1) is 0 Å². The van der Waals surface area contributed by atoms with Crippen LogP contribution in [0.1, 0.15) is 25.8 Å². The average molecular weight is 364 g/mol. The fraction of sp³-hybridized carbons (Fsp3) is 0.562. The van der Waals surface area contributed by atoms with E-state index in [9.17, 15) is 18.0 Å². The molecule has 1 heterocycles. The molecule has 0 spiro atoms. The van der Waals surface area contributed by atoms with Crippen molar-refractivity contribution in [1.82, 2.24) is 4.90 Å². The Labute approximate surface area is 144 Å². The normalized spacial score (nSPS) is 19.7. The molecule has 0 radical (unpaired) electrons. The first-order valence-corrected chi connectivity index (χ1v) is 8.15. The van der Waals surface area contributed by atoms with Gasteiger partial charge in [0.05, 0.1) is 16.3 Å². The van der Waals surface area contributed by atoms with Gasteiger partial charge in [0.2, 0.25) is 5.91 Å². The zero-order valence-electron chi connectivity index (χ0n) is 13.5. The van der Waals surface area contributed by atoms with Crippen molar-refractivity contribution in [3.05, 3.63) is 28.8 Å². The van der Waals surface area contributed by atoms with Gasteiger partial charge in [0, 0.05) is 19.1 Å². The lowest BCUT2D eigenvalue weighted by Crippen LogP contribution is -2.45. The molecular weight excluding hydrogens is 343 g/mol. The van der Waals surface area contributed by atoms with Gasteiger partial charge >= 0.3 is 6.18 Å². The lowest BCUT2D eigenvalue weighted by atomic mass is 10.0. The molecule has 1 aromatic rings. The summed E-state index contributed by atoms with van der Waals surface area (Å²) in [4.78, 5) is 14.3. The number of anilines is 1. The summed E-state index contributed by atoms with van der Waals surface area (Å²) in [6, 6.07) is 2.45. The molecule has 134 valence electrons. The van der Waals surface area contributed by atoms with Crippen molar-refractivity contribution in [3.63, 3.8) is 0 Å². The molecular formula is C16H21ClF3N3O. The van der Waals surface area contributed by atoms with Gasteiger partial charge < -0.3 is 16.0 Å². The van der Waals surface area contributed by atoms with E-state index < -0.39 is 17.8 Å². The molecule has 0 bridgehead atoms. The van der Waals surface area contributed by atoms with E-state index in [0.29, 0.717) is 18.8 Å². The predicted octanol–water partition coefficient (Wildman–Crippen LogP) is 3.35. The van der Waals surface area contributed by atoms with E-state index in [1.54, 1.807) is 4.90 Å². The van der Waals surface area contributed by atoms with Crippen LogP contribution in [0.25, 0.3) is 0 Å². The molecule has 1 unspecified atom stereocenters. The number of likely N-dealkylation sites (tertiary alicyclic amines) is 1. The molecule has 24 heavy (non-hydrogen) atoms. The van der Waals surface area contributed by atoms with E-state index in [-0.39, 0.29) is 22.9 Å². The second-order valence-electron chi connectivity index (χ2n) is 6.39. The van der Waals surface area contributed by atoms with Gasteiger partial charge in [0.15, 0.2) is 0 Å². The Hall–Kier alpha value is -1.47. The van der Waals surface area contributed by atoms with Crippen LogP contribution >= 0.6 is 11.6 Å². The van der Waals surface area contributed by atoms with E-state index in [1.165, 1.54) is 6.07 Å². The maximum absolute atomic E-state index is 12.7. The highest BCUT2D eigenvalue weighted by molar-refractivity contribution is 6.33. The number of halogens is 4. The standard InChI is InChI=1S/C16H21ClF3N3O/c1-9(2)14(15(24)23-6-5-11(21)8-23)22-13-4-3-10(7-12(13)17)16(18,19)20/h3-4,7,9,11,14,22H,5-6,8,21H2,1-2H3/t11-,14?/m1/s1. The number of nitrogens with zero attached hydrogens (tertiary/aromatic N) is 1. The molecule has 8 heteroatoms. The summed E-state index contributed by atoms with van der Waals surface area (Å²) in [6.07, 6.45) is -3.71. The maximum atomic E-state index is 12.7. The number of hydrogen-bond donors (Lipinski definition) is 2. The molecule has 4 nitrogen and oxygen atoms in total. The molecule has 1 aliphatic heterocycles. The zero-order valence-corrected chi connectivity index (χ0v) is 14.3. The van der Waals surface area contributed by atoms with Crippen LogP contribution < -0.4 is 11.1 Å². The highest BCUT2D eigenvalue weighted by Gasteiger charge is 2.33. The Kier molecular flexibility index (Phi) is 5.65. The molecule has 1 fully saturated rings. The summed E-state index contributed by atoms with van der Waals surface area (Å²) in [5.74, 6) is -0.179. The topological polar surface area (TPSA) is 58.4 Å². The number of benzene rings is 1. The van der Waals surface area contributed by atoms with Crippen molar-refractivity contribution in [3.8, 4) is 0 Å². The minimum atomic E-state index is -4.46.